The molecule has 0 aromatic rings. The summed E-state index contributed by atoms with van der Waals surface area (Å²) in [6, 6.07) is 0.110. The van der Waals surface area contributed by atoms with Crippen LogP contribution in [0.5, 0.6) is 0 Å². The van der Waals surface area contributed by atoms with Gasteiger partial charge in [0.25, 0.3) is 0 Å². The molecule has 0 aromatic carbocycles. The number of ether oxygens (including phenoxy) is 1. The smallest absolute Gasteiger partial charge is 0.317 e. The highest BCUT2D eigenvalue weighted by Gasteiger charge is 2.35. The molecule has 0 radical (unpaired) electrons. The van der Waals surface area contributed by atoms with E-state index < -0.39 is 5.97 Å². The van der Waals surface area contributed by atoms with Gasteiger partial charge < -0.3 is 15.0 Å². The molecule has 0 bridgehead atoms. The maximum absolute atomic E-state index is 11.7. The van der Waals surface area contributed by atoms with E-state index in [4.69, 9.17) is 4.74 Å². The zero-order chi connectivity index (χ0) is 13.8. The number of piperazine rings is 1. The molecule has 2 aliphatic rings. The van der Waals surface area contributed by atoms with Gasteiger partial charge in [-0.2, -0.15) is 0 Å². The molecule has 7 heteroatoms. The van der Waals surface area contributed by atoms with Crippen molar-refractivity contribution < 1.29 is 19.1 Å². The second-order valence-corrected chi connectivity index (χ2v) is 4.79. The molecule has 1 unspecified atom stereocenters. The van der Waals surface area contributed by atoms with Crippen molar-refractivity contribution in [3.05, 3.63) is 0 Å². The fourth-order valence-corrected chi connectivity index (χ4v) is 2.49. The average molecular weight is 269 g/mol. The molecule has 7 nitrogen and oxygen atoms in total. The topological polar surface area (TPSA) is 79.0 Å². The number of nitrogens with one attached hydrogen (secondary N) is 1. The second-order valence-electron chi connectivity index (χ2n) is 4.79. The van der Waals surface area contributed by atoms with Gasteiger partial charge >= 0.3 is 12.0 Å². The molecule has 0 saturated carbocycles. The molecule has 0 aromatic heterocycles. The molecule has 0 aliphatic carbocycles. The summed E-state index contributed by atoms with van der Waals surface area (Å²) in [5.74, 6) is -0.604. The van der Waals surface area contributed by atoms with Gasteiger partial charge in [0.05, 0.1) is 19.2 Å². The molecular weight excluding hydrogens is 250 g/mol. The summed E-state index contributed by atoms with van der Waals surface area (Å²) in [5, 5.41) is 2.79. The summed E-state index contributed by atoms with van der Waals surface area (Å²) >= 11 is 0. The first-order valence-electron chi connectivity index (χ1n) is 6.54. The van der Waals surface area contributed by atoms with Gasteiger partial charge in [-0.25, -0.2) is 4.79 Å². The lowest BCUT2D eigenvalue weighted by atomic mass is 10.1. The molecule has 2 saturated heterocycles. The minimum absolute atomic E-state index is 0.0255. The van der Waals surface area contributed by atoms with Crippen molar-refractivity contribution in [2.75, 3.05) is 39.3 Å². The highest BCUT2D eigenvalue weighted by atomic mass is 16.5. The molecule has 0 spiro atoms. The number of urea groups is 1. The van der Waals surface area contributed by atoms with Crippen molar-refractivity contribution >= 4 is 17.8 Å². The van der Waals surface area contributed by atoms with E-state index in [9.17, 15) is 14.4 Å². The number of ketones is 1. The molecule has 2 fully saturated rings. The Labute approximate surface area is 111 Å². The van der Waals surface area contributed by atoms with Gasteiger partial charge in [0.1, 0.15) is 6.42 Å². The lowest BCUT2D eigenvalue weighted by Crippen LogP contribution is -2.53. The maximum atomic E-state index is 11.7. The lowest BCUT2D eigenvalue weighted by Gasteiger charge is -2.35. The third-order valence-corrected chi connectivity index (χ3v) is 3.36. The predicted molar refractivity (Wildman–Crippen MR) is 66.6 cm³/mol. The van der Waals surface area contributed by atoms with Crippen molar-refractivity contribution in [1.82, 2.24) is 15.1 Å². The number of fused-ring (bicyclic) bond motifs is 1. The average Bonchev–Trinajstić information content (AvgIpc) is 2.70. The number of Topliss-reactive ketones (excluding diaryl/α,β-unsaturated/α-hetero) is 1. The number of hydrogen-bond donors (Lipinski definition) is 1. The minimum atomic E-state index is -0.469. The molecule has 2 rings (SSSR count). The van der Waals surface area contributed by atoms with Crippen LogP contribution < -0.4 is 5.32 Å². The number of carbonyl (C=O) groups excluding carboxylic acids is 3. The van der Waals surface area contributed by atoms with Gasteiger partial charge in [0.15, 0.2) is 5.78 Å². The first kappa shape index (κ1) is 13.8. The van der Waals surface area contributed by atoms with Crippen LogP contribution in [0.4, 0.5) is 4.79 Å². The highest BCUT2D eigenvalue weighted by molar-refractivity contribution is 5.96. The molecular formula is C12H19N3O4. The standard InChI is InChI=1S/C12H19N3O4/c1-2-19-11(17)5-10(16)8-14-3-4-15-9(7-14)6-13-12(15)18/h9H,2-8H2,1H3,(H,13,18). The maximum Gasteiger partial charge on any atom is 0.317 e. The fraction of sp³-hybridized carbons (Fsp3) is 0.750. The van der Waals surface area contributed by atoms with Crippen LogP contribution >= 0.6 is 0 Å². The Morgan fingerprint density at radius 2 is 2.21 bits per heavy atom. The van der Waals surface area contributed by atoms with Gasteiger partial charge in [0.2, 0.25) is 0 Å². The molecule has 2 amide bonds. The van der Waals surface area contributed by atoms with E-state index in [2.05, 4.69) is 5.32 Å². The van der Waals surface area contributed by atoms with Gasteiger partial charge in [0, 0.05) is 26.2 Å². The third kappa shape index (κ3) is 3.44. The summed E-state index contributed by atoms with van der Waals surface area (Å²) in [7, 11) is 0. The lowest BCUT2D eigenvalue weighted by molar-refractivity contribution is -0.145. The van der Waals surface area contributed by atoms with E-state index in [1.165, 1.54) is 0 Å². The van der Waals surface area contributed by atoms with Gasteiger partial charge in [-0.05, 0) is 6.92 Å². The fourth-order valence-electron chi connectivity index (χ4n) is 2.49. The first-order chi connectivity index (χ1) is 9.10. The number of esters is 1. The van der Waals surface area contributed by atoms with E-state index in [1.54, 1.807) is 11.8 Å². The number of nitrogens with zero attached hydrogens (tertiary/aromatic N) is 2. The monoisotopic (exact) mass is 269 g/mol. The Balaban J connectivity index is 1.76. The molecule has 2 heterocycles. The van der Waals surface area contributed by atoms with Crippen LogP contribution in [0.3, 0.4) is 0 Å². The SMILES string of the molecule is CCOC(=O)CC(=O)CN1CCN2C(=O)NCC2C1. The van der Waals surface area contributed by atoms with E-state index in [0.29, 0.717) is 32.8 Å². The number of carbonyl (C=O) groups is 3. The molecule has 1 atom stereocenters. The Hall–Kier alpha value is -1.63. The predicted octanol–water partition coefficient (Wildman–Crippen LogP) is -0.782. The zero-order valence-corrected chi connectivity index (χ0v) is 11.1. The van der Waals surface area contributed by atoms with E-state index in [-0.39, 0.29) is 30.8 Å². The van der Waals surface area contributed by atoms with Gasteiger partial charge in [-0.3, -0.25) is 14.5 Å². The molecule has 2 aliphatic heterocycles. The van der Waals surface area contributed by atoms with Crippen molar-refractivity contribution in [2.24, 2.45) is 0 Å². The van der Waals surface area contributed by atoms with Crippen LogP contribution in [0.25, 0.3) is 0 Å². The van der Waals surface area contributed by atoms with Crippen molar-refractivity contribution in [3.8, 4) is 0 Å². The van der Waals surface area contributed by atoms with Crippen LogP contribution in [-0.4, -0.2) is 73.0 Å². The number of rotatable bonds is 5. The van der Waals surface area contributed by atoms with E-state index >= 15 is 0 Å². The molecule has 1 N–H and O–H groups in total. The van der Waals surface area contributed by atoms with Crippen LogP contribution in [-0.2, 0) is 14.3 Å². The minimum Gasteiger partial charge on any atom is -0.466 e. The van der Waals surface area contributed by atoms with E-state index in [1.807, 2.05) is 4.90 Å². The van der Waals surface area contributed by atoms with Crippen LogP contribution in [0, 0.1) is 0 Å². The molecule has 19 heavy (non-hydrogen) atoms. The number of hydrogen-bond acceptors (Lipinski definition) is 5. The van der Waals surface area contributed by atoms with Crippen molar-refractivity contribution in [3.63, 3.8) is 0 Å². The van der Waals surface area contributed by atoms with E-state index in [0.717, 1.165) is 0 Å². The molecule has 106 valence electrons. The third-order valence-electron chi connectivity index (χ3n) is 3.36. The van der Waals surface area contributed by atoms with Crippen molar-refractivity contribution in [1.29, 1.82) is 0 Å². The second kappa shape index (κ2) is 6.01. The van der Waals surface area contributed by atoms with Crippen LogP contribution in [0.2, 0.25) is 0 Å². The Kier molecular flexibility index (Phi) is 4.36. The summed E-state index contributed by atoms with van der Waals surface area (Å²) in [4.78, 5) is 38.1. The first-order valence-corrected chi connectivity index (χ1v) is 6.54. The van der Waals surface area contributed by atoms with Crippen LogP contribution in [0.1, 0.15) is 13.3 Å². The van der Waals surface area contributed by atoms with Gasteiger partial charge in [-0.1, -0.05) is 0 Å². The summed E-state index contributed by atoms with van der Waals surface area (Å²) < 4.78 is 4.74. The van der Waals surface area contributed by atoms with Crippen LogP contribution in [0.15, 0.2) is 0 Å². The quantitative estimate of drug-likeness (QED) is 0.523. The summed E-state index contributed by atoms with van der Waals surface area (Å²) in [6.45, 7) is 4.85. The Morgan fingerprint density at radius 1 is 1.42 bits per heavy atom. The summed E-state index contributed by atoms with van der Waals surface area (Å²) in [6.07, 6.45) is -0.171. The largest absolute Gasteiger partial charge is 0.466 e. The Morgan fingerprint density at radius 3 is 2.95 bits per heavy atom. The van der Waals surface area contributed by atoms with Crippen molar-refractivity contribution in [2.45, 2.75) is 19.4 Å². The normalized spacial score (nSPS) is 22.9. The van der Waals surface area contributed by atoms with Gasteiger partial charge in [-0.15, -0.1) is 0 Å². The zero-order valence-electron chi connectivity index (χ0n) is 11.1. The Bertz CT molecular complexity index is 385. The highest BCUT2D eigenvalue weighted by Crippen LogP contribution is 2.14. The summed E-state index contributed by atoms with van der Waals surface area (Å²) in [5.41, 5.74) is 0. The number of amides is 2.